The number of carboxylic acids is 2. The summed E-state index contributed by atoms with van der Waals surface area (Å²) in [4.78, 5) is 25.5. The number of ether oxygens (including phenoxy) is 1. The lowest BCUT2D eigenvalue weighted by Crippen LogP contribution is -2.25. The van der Waals surface area contributed by atoms with Gasteiger partial charge in [0.25, 0.3) is 0 Å². The monoisotopic (exact) mass is 321 g/mol. The van der Waals surface area contributed by atoms with Crippen LogP contribution >= 0.6 is 0 Å². The first-order valence-corrected chi connectivity index (χ1v) is 7.77. The highest BCUT2D eigenvalue weighted by Crippen LogP contribution is 2.50. The van der Waals surface area contributed by atoms with Crippen LogP contribution in [0.15, 0.2) is 22.8 Å². The fourth-order valence-corrected chi connectivity index (χ4v) is 3.53. The smallest absolute Gasteiger partial charge is 0.357 e. The van der Waals surface area contributed by atoms with Gasteiger partial charge in [-0.1, -0.05) is 12.2 Å². The minimum atomic E-state index is -1.10. The van der Waals surface area contributed by atoms with Crippen LogP contribution in [0.2, 0.25) is 0 Å². The van der Waals surface area contributed by atoms with Gasteiger partial charge in [0.05, 0.1) is 18.1 Å². The second-order valence-corrected chi connectivity index (χ2v) is 6.00. The van der Waals surface area contributed by atoms with Gasteiger partial charge < -0.3 is 19.4 Å². The summed E-state index contributed by atoms with van der Waals surface area (Å²) in [5.41, 5.74) is -0.0847. The summed E-state index contributed by atoms with van der Waals surface area (Å²) in [6.45, 7) is 0. The number of hydrogen-bond acceptors (Lipinski definition) is 5. The van der Waals surface area contributed by atoms with E-state index in [9.17, 15) is 9.59 Å². The number of carboxylic acid groups (broad SMARTS) is 2. The van der Waals surface area contributed by atoms with Gasteiger partial charge in [0.1, 0.15) is 6.26 Å². The van der Waals surface area contributed by atoms with Crippen LogP contribution < -0.4 is 0 Å². The van der Waals surface area contributed by atoms with E-state index < -0.39 is 11.9 Å². The molecule has 3 rings (SSSR count). The van der Waals surface area contributed by atoms with Crippen LogP contribution in [0.3, 0.4) is 0 Å². The number of carbonyl (C=O) groups is 2. The number of aliphatic carboxylic acids is 1. The predicted octanol–water partition coefficient (Wildman–Crippen LogP) is 2.44. The number of hydrogen-bond donors (Lipinski definition) is 2. The van der Waals surface area contributed by atoms with Crippen LogP contribution in [-0.4, -0.2) is 39.3 Å². The minimum absolute atomic E-state index is 0.0257. The largest absolute Gasteiger partial charge is 0.481 e. The molecule has 2 fully saturated rings. The van der Waals surface area contributed by atoms with Gasteiger partial charge in [-0.15, -0.1) is 0 Å². The van der Waals surface area contributed by atoms with E-state index in [0.717, 1.165) is 19.3 Å². The van der Waals surface area contributed by atoms with Crippen molar-refractivity contribution >= 4 is 11.9 Å². The predicted molar refractivity (Wildman–Crippen MR) is 78.2 cm³/mol. The van der Waals surface area contributed by atoms with Gasteiger partial charge in [-0.2, -0.15) is 0 Å². The zero-order valence-corrected chi connectivity index (χ0v) is 12.6. The lowest BCUT2D eigenvalue weighted by molar-refractivity contribution is -0.136. The van der Waals surface area contributed by atoms with E-state index in [1.54, 1.807) is 0 Å². The first-order chi connectivity index (χ1) is 11.1. The Morgan fingerprint density at radius 1 is 1.26 bits per heavy atom. The van der Waals surface area contributed by atoms with Crippen molar-refractivity contribution in [3.63, 3.8) is 0 Å². The number of fused-ring (bicyclic) bond motifs is 2. The number of rotatable bonds is 7. The molecule has 2 bridgehead atoms. The summed E-state index contributed by atoms with van der Waals surface area (Å²) < 4.78 is 11.3. The summed E-state index contributed by atoms with van der Waals surface area (Å²) in [7, 11) is 0. The van der Waals surface area contributed by atoms with E-state index in [4.69, 9.17) is 19.4 Å². The lowest BCUT2D eigenvalue weighted by atomic mass is 9.77. The molecule has 0 saturated carbocycles. The molecule has 0 unspecified atom stereocenters. The van der Waals surface area contributed by atoms with E-state index in [1.807, 2.05) is 12.2 Å². The number of aromatic nitrogens is 1. The molecular formula is C16H19NO6. The Morgan fingerprint density at radius 2 is 2.04 bits per heavy atom. The van der Waals surface area contributed by atoms with Crippen molar-refractivity contribution in [2.24, 2.45) is 5.92 Å². The second-order valence-electron chi connectivity index (χ2n) is 6.00. The summed E-state index contributed by atoms with van der Waals surface area (Å²) in [6.07, 6.45) is 8.46. The van der Waals surface area contributed by atoms with Gasteiger partial charge in [-0.25, -0.2) is 9.78 Å². The van der Waals surface area contributed by atoms with Crippen molar-refractivity contribution in [2.45, 2.75) is 50.2 Å². The van der Waals surface area contributed by atoms with Crippen LogP contribution in [0.1, 0.15) is 54.4 Å². The summed E-state index contributed by atoms with van der Waals surface area (Å²) in [5.74, 6) is -1.33. The maximum Gasteiger partial charge on any atom is 0.357 e. The third-order valence-corrected chi connectivity index (χ3v) is 4.55. The topological polar surface area (TPSA) is 110 Å². The number of nitrogens with zero attached hydrogens (tertiary/aromatic N) is 1. The normalized spacial score (nSPS) is 29.4. The molecular weight excluding hydrogens is 302 g/mol. The Morgan fingerprint density at radius 3 is 2.74 bits per heavy atom. The molecule has 0 spiro atoms. The van der Waals surface area contributed by atoms with Gasteiger partial charge >= 0.3 is 11.9 Å². The Labute approximate surface area is 133 Å². The Bertz CT molecular complexity index is 622. The third-order valence-electron chi connectivity index (χ3n) is 4.55. The van der Waals surface area contributed by atoms with E-state index in [-0.39, 0.29) is 36.2 Å². The molecule has 2 aliphatic heterocycles. The van der Waals surface area contributed by atoms with E-state index in [0.29, 0.717) is 12.3 Å². The van der Waals surface area contributed by atoms with E-state index in [2.05, 4.69) is 4.98 Å². The Balaban J connectivity index is 1.67. The lowest BCUT2D eigenvalue weighted by Gasteiger charge is -2.24. The summed E-state index contributed by atoms with van der Waals surface area (Å²) >= 11 is 0. The Hall–Kier alpha value is -2.15. The van der Waals surface area contributed by atoms with Gasteiger partial charge in [0.15, 0.2) is 5.69 Å². The molecule has 1 aromatic heterocycles. The molecule has 0 amide bonds. The highest BCUT2D eigenvalue weighted by molar-refractivity contribution is 5.84. The molecule has 0 radical (unpaired) electrons. The maximum absolute atomic E-state index is 11.0. The fourth-order valence-electron chi connectivity index (χ4n) is 3.53. The first kappa shape index (κ1) is 15.7. The minimum Gasteiger partial charge on any atom is -0.481 e. The zero-order chi connectivity index (χ0) is 16.4. The zero-order valence-electron chi connectivity index (χ0n) is 12.6. The van der Waals surface area contributed by atoms with Crippen LogP contribution in [-0.2, 0) is 9.53 Å². The summed E-state index contributed by atoms with van der Waals surface area (Å²) in [5, 5.41) is 17.6. The van der Waals surface area contributed by atoms with Crippen molar-refractivity contribution in [2.75, 3.05) is 0 Å². The van der Waals surface area contributed by atoms with Gasteiger partial charge in [-0.05, 0) is 25.7 Å². The molecule has 3 heterocycles. The highest BCUT2D eigenvalue weighted by atomic mass is 16.5. The van der Waals surface area contributed by atoms with Gasteiger partial charge in [0, 0.05) is 12.3 Å². The van der Waals surface area contributed by atoms with Crippen molar-refractivity contribution < 1.29 is 29.0 Å². The van der Waals surface area contributed by atoms with Crippen LogP contribution in [0.4, 0.5) is 0 Å². The quantitative estimate of drug-likeness (QED) is 0.742. The number of allylic oxidation sites excluding steroid dienone is 2. The molecule has 0 aliphatic carbocycles. The fraction of sp³-hybridized carbons (Fsp3) is 0.562. The van der Waals surface area contributed by atoms with Crippen molar-refractivity contribution in [3.8, 4) is 0 Å². The third kappa shape index (κ3) is 3.29. The van der Waals surface area contributed by atoms with Crippen LogP contribution in [0.5, 0.6) is 0 Å². The van der Waals surface area contributed by atoms with E-state index >= 15 is 0 Å². The second kappa shape index (κ2) is 6.54. The van der Waals surface area contributed by atoms with Crippen LogP contribution in [0, 0.1) is 5.92 Å². The van der Waals surface area contributed by atoms with Crippen molar-refractivity contribution in [3.05, 3.63) is 30.0 Å². The summed E-state index contributed by atoms with van der Waals surface area (Å²) in [6, 6.07) is 0. The van der Waals surface area contributed by atoms with Gasteiger partial charge in [-0.3, -0.25) is 4.79 Å². The van der Waals surface area contributed by atoms with Crippen molar-refractivity contribution in [1.29, 1.82) is 0 Å². The van der Waals surface area contributed by atoms with E-state index in [1.165, 1.54) is 6.26 Å². The Kier molecular flexibility index (Phi) is 4.47. The molecule has 7 nitrogen and oxygen atoms in total. The highest BCUT2D eigenvalue weighted by Gasteiger charge is 2.51. The standard InChI is InChI=1S/C16H19NO6/c18-13(19)5-3-1-2-4-9-11-6-7-12(23-11)14(9)15-17-10(8-22-15)16(20)21/h1-2,8-9,11-12,14H,3-7H2,(H,18,19)(H,20,21)/t9-,11-,12+,14-/m0/s1. The molecule has 4 atom stereocenters. The molecule has 23 heavy (non-hydrogen) atoms. The molecule has 124 valence electrons. The average Bonchev–Trinajstić information content (AvgIpc) is 3.21. The SMILES string of the molecule is O=C(O)CCC=CC[C@@H]1[C@H](c2nc(C(=O)O)co2)[C@H]2CC[C@@H]1O2. The molecule has 2 N–H and O–H groups in total. The van der Waals surface area contributed by atoms with Gasteiger partial charge in [0.2, 0.25) is 5.89 Å². The molecule has 7 heteroatoms. The van der Waals surface area contributed by atoms with Crippen LogP contribution in [0.25, 0.3) is 0 Å². The van der Waals surface area contributed by atoms with Crippen molar-refractivity contribution in [1.82, 2.24) is 4.98 Å². The molecule has 2 aliphatic rings. The average molecular weight is 321 g/mol. The number of oxazole rings is 1. The molecule has 0 aromatic carbocycles. The first-order valence-electron chi connectivity index (χ1n) is 7.77. The molecule has 1 aromatic rings. The molecule has 2 saturated heterocycles. The number of aromatic carboxylic acids is 1. The maximum atomic E-state index is 11.0.